The predicted molar refractivity (Wildman–Crippen MR) is 65.9 cm³/mol. The third kappa shape index (κ3) is 2.14. The Bertz CT molecular complexity index is 664. The summed E-state index contributed by atoms with van der Waals surface area (Å²) >= 11 is 11.7. The maximum atomic E-state index is 11.8. The minimum atomic E-state index is -0.630. The molecule has 0 aliphatic carbocycles. The molecule has 0 saturated heterocycles. The molecule has 0 atom stereocenters. The Morgan fingerprint density at radius 2 is 2.00 bits per heavy atom. The number of carbonyl (C=O) groups is 1. The van der Waals surface area contributed by atoms with Crippen molar-refractivity contribution < 1.29 is 9.53 Å². The van der Waals surface area contributed by atoms with Crippen molar-refractivity contribution in [2.45, 2.75) is 0 Å². The van der Waals surface area contributed by atoms with Gasteiger partial charge in [-0.1, -0.05) is 23.2 Å². The molecule has 0 saturated carbocycles. The van der Waals surface area contributed by atoms with Crippen LogP contribution in [-0.2, 0) is 4.74 Å². The first-order chi connectivity index (χ1) is 8.02. The van der Waals surface area contributed by atoms with Gasteiger partial charge >= 0.3 is 5.97 Å². The number of fused-ring (bicyclic) bond motifs is 1. The number of pyridine rings is 1. The lowest BCUT2D eigenvalue weighted by atomic mass is 10.2. The maximum absolute atomic E-state index is 11.8. The molecule has 0 radical (unpaired) electrons. The molecule has 0 bridgehead atoms. The first kappa shape index (κ1) is 12.0. The molecule has 0 unspecified atom stereocenters. The van der Waals surface area contributed by atoms with Gasteiger partial charge in [0.1, 0.15) is 5.69 Å². The fourth-order valence-electron chi connectivity index (χ4n) is 1.49. The zero-order chi connectivity index (χ0) is 12.6. The van der Waals surface area contributed by atoms with Crippen LogP contribution in [0.3, 0.4) is 0 Å². The van der Waals surface area contributed by atoms with Gasteiger partial charge < -0.3 is 9.72 Å². The second-order valence-corrected chi connectivity index (χ2v) is 4.19. The number of carbonyl (C=O) groups excluding carboxylic acids is 1. The molecule has 1 aromatic heterocycles. The monoisotopic (exact) mass is 271 g/mol. The van der Waals surface area contributed by atoms with E-state index in [0.717, 1.165) is 6.07 Å². The lowest BCUT2D eigenvalue weighted by Gasteiger charge is -2.04. The molecule has 17 heavy (non-hydrogen) atoms. The molecule has 0 amide bonds. The topological polar surface area (TPSA) is 59.2 Å². The van der Waals surface area contributed by atoms with Gasteiger partial charge in [-0.05, 0) is 12.1 Å². The van der Waals surface area contributed by atoms with Crippen LogP contribution in [0.1, 0.15) is 10.5 Å². The number of benzene rings is 1. The van der Waals surface area contributed by atoms with Crippen molar-refractivity contribution in [2.24, 2.45) is 0 Å². The quantitative estimate of drug-likeness (QED) is 0.812. The SMILES string of the molecule is COC(=O)c1cc(=O)c2cc(Cl)cc(Cl)c2[nH]1. The lowest BCUT2D eigenvalue weighted by Crippen LogP contribution is -2.11. The third-order valence-electron chi connectivity index (χ3n) is 2.26. The number of nitrogens with one attached hydrogen (secondary N) is 1. The zero-order valence-electron chi connectivity index (χ0n) is 8.71. The summed E-state index contributed by atoms with van der Waals surface area (Å²) < 4.78 is 4.53. The molecule has 4 nitrogen and oxygen atoms in total. The largest absolute Gasteiger partial charge is 0.464 e. The highest BCUT2D eigenvalue weighted by molar-refractivity contribution is 6.38. The Morgan fingerprint density at radius 3 is 2.65 bits per heavy atom. The van der Waals surface area contributed by atoms with Crippen LogP contribution in [-0.4, -0.2) is 18.1 Å². The molecule has 1 N–H and O–H groups in total. The van der Waals surface area contributed by atoms with Gasteiger partial charge in [0.25, 0.3) is 0 Å². The molecular formula is C11H7Cl2NO3. The number of hydrogen-bond donors (Lipinski definition) is 1. The van der Waals surface area contributed by atoms with E-state index in [2.05, 4.69) is 9.72 Å². The average molecular weight is 272 g/mol. The fraction of sp³-hybridized carbons (Fsp3) is 0.0909. The summed E-state index contributed by atoms with van der Waals surface area (Å²) in [6.45, 7) is 0. The van der Waals surface area contributed by atoms with Crippen LogP contribution in [0.2, 0.25) is 10.0 Å². The summed E-state index contributed by atoms with van der Waals surface area (Å²) in [7, 11) is 1.23. The summed E-state index contributed by atoms with van der Waals surface area (Å²) in [5.41, 5.74) is 0.0711. The Labute approximate surface area is 106 Å². The van der Waals surface area contributed by atoms with Crippen LogP contribution in [0.4, 0.5) is 0 Å². The standard InChI is InChI=1S/C11H7Cl2NO3/c1-17-11(16)8-4-9(15)6-2-5(12)3-7(13)10(6)14-8/h2-4H,1H3,(H,14,15). The number of rotatable bonds is 1. The van der Waals surface area contributed by atoms with Gasteiger partial charge in [0.2, 0.25) is 0 Å². The Hall–Kier alpha value is -1.52. The first-order valence-electron chi connectivity index (χ1n) is 4.63. The Kier molecular flexibility index (Phi) is 3.09. The molecular weight excluding hydrogens is 265 g/mol. The molecule has 88 valence electrons. The Balaban J connectivity index is 2.82. The molecule has 6 heteroatoms. The van der Waals surface area contributed by atoms with E-state index in [4.69, 9.17) is 23.2 Å². The van der Waals surface area contributed by atoms with Crippen molar-refractivity contribution >= 4 is 40.1 Å². The summed E-state index contributed by atoms with van der Waals surface area (Å²) in [4.78, 5) is 25.9. The number of ether oxygens (including phenoxy) is 1. The summed E-state index contributed by atoms with van der Waals surface area (Å²) in [6, 6.07) is 4.13. The molecule has 1 aromatic carbocycles. The van der Waals surface area contributed by atoms with Crippen molar-refractivity contribution in [2.75, 3.05) is 7.11 Å². The van der Waals surface area contributed by atoms with Gasteiger partial charge in [-0.3, -0.25) is 4.79 Å². The third-order valence-corrected chi connectivity index (χ3v) is 2.78. The van der Waals surface area contributed by atoms with Crippen molar-refractivity contribution in [1.82, 2.24) is 4.98 Å². The van der Waals surface area contributed by atoms with Gasteiger partial charge in [0, 0.05) is 16.5 Å². The Morgan fingerprint density at radius 1 is 1.29 bits per heavy atom. The molecule has 0 fully saturated rings. The second-order valence-electron chi connectivity index (χ2n) is 3.35. The van der Waals surface area contributed by atoms with Gasteiger partial charge in [0.15, 0.2) is 5.43 Å². The number of hydrogen-bond acceptors (Lipinski definition) is 3. The number of aromatic amines is 1. The average Bonchev–Trinajstić information content (AvgIpc) is 2.29. The van der Waals surface area contributed by atoms with Crippen molar-refractivity contribution in [3.05, 3.63) is 44.2 Å². The lowest BCUT2D eigenvalue weighted by molar-refractivity contribution is 0.0594. The molecule has 2 aromatic rings. The summed E-state index contributed by atoms with van der Waals surface area (Å²) in [5, 5.41) is 0.962. The minimum absolute atomic E-state index is 0.0502. The van der Waals surface area contributed by atoms with Crippen LogP contribution in [0.15, 0.2) is 23.0 Å². The van der Waals surface area contributed by atoms with Crippen molar-refractivity contribution in [3.8, 4) is 0 Å². The molecule has 0 spiro atoms. The van der Waals surface area contributed by atoms with Crippen LogP contribution in [0.25, 0.3) is 10.9 Å². The van der Waals surface area contributed by atoms with E-state index in [1.54, 1.807) is 0 Å². The van der Waals surface area contributed by atoms with Gasteiger partial charge in [-0.15, -0.1) is 0 Å². The minimum Gasteiger partial charge on any atom is -0.464 e. The molecule has 0 aliphatic heterocycles. The smallest absolute Gasteiger partial charge is 0.354 e. The van der Waals surface area contributed by atoms with Gasteiger partial charge in [-0.25, -0.2) is 4.79 Å². The number of esters is 1. The van der Waals surface area contributed by atoms with E-state index in [9.17, 15) is 9.59 Å². The zero-order valence-corrected chi connectivity index (χ0v) is 10.2. The highest BCUT2D eigenvalue weighted by atomic mass is 35.5. The van der Waals surface area contributed by atoms with E-state index in [1.165, 1.54) is 19.2 Å². The van der Waals surface area contributed by atoms with E-state index >= 15 is 0 Å². The molecule has 1 heterocycles. The highest BCUT2D eigenvalue weighted by Gasteiger charge is 2.12. The van der Waals surface area contributed by atoms with Gasteiger partial charge in [0.05, 0.1) is 17.6 Å². The molecule has 2 rings (SSSR count). The first-order valence-corrected chi connectivity index (χ1v) is 5.39. The van der Waals surface area contributed by atoms with Gasteiger partial charge in [-0.2, -0.15) is 0 Å². The summed E-state index contributed by atoms with van der Waals surface area (Å²) in [6.07, 6.45) is 0. The number of methoxy groups -OCH3 is 1. The highest BCUT2D eigenvalue weighted by Crippen LogP contribution is 2.24. The van der Waals surface area contributed by atoms with E-state index in [0.29, 0.717) is 15.9 Å². The molecule has 0 aliphatic rings. The predicted octanol–water partition coefficient (Wildman–Crippen LogP) is 2.62. The van der Waals surface area contributed by atoms with Crippen LogP contribution >= 0.6 is 23.2 Å². The normalized spacial score (nSPS) is 10.5. The second kappa shape index (κ2) is 4.39. The van der Waals surface area contributed by atoms with Crippen LogP contribution in [0.5, 0.6) is 0 Å². The number of aromatic nitrogens is 1. The van der Waals surface area contributed by atoms with E-state index < -0.39 is 5.97 Å². The summed E-state index contributed by atoms with van der Waals surface area (Å²) in [5.74, 6) is -0.630. The fourth-order valence-corrected chi connectivity index (χ4v) is 2.04. The van der Waals surface area contributed by atoms with Crippen LogP contribution in [0, 0.1) is 0 Å². The van der Waals surface area contributed by atoms with Crippen molar-refractivity contribution in [3.63, 3.8) is 0 Å². The maximum Gasteiger partial charge on any atom is 0.354 e. The van der Waals surface area contributed by atoms with E-state index in [1.807, 2.05) is 0 Å². The number of H-pyrrole nitrogens is 1. The van der Waals surface area contributed by atoms with Crippen LogP contribution < -0.4 is 5.43 Å². The van der Waals surface area contributed by atoms with E-state index in [-0.39, 0.29) is 16.1 Å². The number of halogens is 2. The van der Waals surface area contributed by atoms with Crippen molar-refractivity contribution in [1.29, 1.82) is 0 Å².